The summed E-state index contributed by atoms with van der Waals surface area (Å²) < 4.78 is 21.4. The predicted octanol–water partition coefficient (Wildman–Crippen LogP) is 5.37. The van der Waals surface area contributed by atoms with Crippen molar-refractivity contribution in [2.75, 3.05) is 26.4 Å². The lowest BCUT2D eigenvalue weighted by atomic mass is 9.73. The molecule has 4 aliphatic rings. The lowest BCUT2D eigenvalue weighted by Gasteiger charge is -2.32. The predicted molar refractivity (Wildman–Crippen MR) is 150 cm³/mol. The SMILES string of the molecule is CCCCCCCCC1C2Cc3cccc(OCC(=O)OC4CCOC4)c3CC2C[C@H]1O.OC1CCCCO1. The van der Waals surface area contributed by atoms with Gasteiger partial charge in [-0.2, -0.15) is 0 Å². The number of hydrogen-bond donors (Lipinski definition) is 2. The van der Waals surface area contributed by atoms with Crippen LogP contribution in [0.3, 0.4) is 0 Å². The van der Waals surface area contributed by atoms with Gasteiger partial charge in [-0.25, -0.2) is 4.79 Å². The summed E-state index contributed by atoms with van der Waals surface area (Å²) in [5.41, 5.74) is 2.54. The molecule has 2 heterocycles. The third kappa shape index (κ3) is 9.17. The summed E-state index contributed by atoms with van der Waals surface area (Å²) in [4.78, 5) is 12.2. The molecule has 0 radical (unpaired) electrons. The Morgan fingerprint density at radius 2 is 1.87 bits per heavy atom. The molecule has 5 rings (SSSR count). The van der Waals surface area contributed by atoms with Crippen molar-refractivity contribution in [1.82, 2.24) is 0 Å². The Morgan fingerprint density at radius 3 is 2.59 bits per heavy atom. The minimum Gasteiger partial charge on any atom is -0.482 e. The van der Waals surface area contributed by atoms with E-state index in [-0.39, 0.29) is 24.8 Å². The summed E-state index contributed by atoms with van der Waals surface area (Å²) in [6.07, 6.45) is 14.8. The van der Waals surface area contributed by atoms with Crippen LogP contribution in [0.25, 0.3) is 0 Å². The lowest BCUT2D eigenvalue weighted by molar-refractivity contribution is -0.151. The van der Waals surface area contributed by atoms with E-state index in [1.54, 1.807) is 0 Å². The van der Waals surface area contributed by atoms with Crippen molar-refractivity contribution in [3.8, 4) is 5.75 Å². The second kappa shape index (κ2) is 15.9. The molecule has 6 atom stereocenters. The molecule has 1 aromatic carbocycles. The highest BCUT2D eigenvalue weighted by molar-refractivity contribution is 5.71. The minimum atomic E-state index is -0.464. The van der Waals surface area contributed by atoms with Crippen molar-refractivity contribution in [3.05, 3.63) is 29.3 Å². The standard InChI is InChI=1S/C27H40O5.C5H10O2/c1-2-3-4-5-6-7-10-22-23-14-19-9-8-11-26(24(19)15-20(23)16-25(22)28)31-18-27(29)32-21-12-13-30-17-21;6-5-3-1-2-4-7-5/h8-9,11,20-23,25,28H,2-7,10,12-18H2,1H3;5-6H,1-4H2/t20?,21?,22?,23?,25-;/m1./s1. The number of carbonyl (C=O) groups excluding carboxylic acids is 1. The molecule has 3 fully saturated rings. The van der Waals surface area contributed by atoms with Crippen LogP contribution in [0.1, 0.15) is 95.1 Å². The van der Waals surface area contributed by atoms with Crippen LogP contribution >= 0.6 is 0 Å². The van der Waals surface area contributed by atoms with Gasteiger partial charge in [-0.1, -0.05) is 57.6 Å². The zero-order valence-electron chi connectivity index (χ0n) is 23.9. The zero-order valence-corrected chi connectivity index (χ0v) is 23.9. The fourth-order valence-corrected chi connectivity index (χ4v) is 6.79. The maximum Gasteiger partial charge on any atom is 0.344 e. The van der Waals surface area contributed by atoms with Crippen molar-refractivity contribution >= 4 is 5.97 Å². The number of fused-ring (bicyclic) bond motifs is 2. The molecular formula is C32H50O7. The van der Waals surface area contributed by atoms with Gasteiger partial charge in [0.1, 0.15) is 11.9 Å². The monoisotopic (exact) mass is 546 g/mol. The normalized spacial score (nSPS) is 29.6. The van der Waals surface area contributed by atoms with Gasteiger partial charge in [0.25, 0.3) is 0 Å². The number of hydrogen-bond acceptors (Lipinski definition) is 7. The van der Waals surface area contributed by atoms with Crippen LogP contribution in [0.4, 0.5) is 0 Å². The van der Waals surface area contributed by atoms with Crippen molar-refractivity contribution < 1.29 is 34.0 Å². The fourth-order valence-electron chi connectivity index (χ4n) is 6.79. The first-order chi connectivity index (χ1) is 19.0. The summed E-state index contributed by atoms with van der Waals surface area (Å²) in [5.74, 6) is 1.97. The number of aliphatic hydroxyl groups excluding tert-OH is 2. The Bertz CT molecular complexity index is 862. The largest absolute Gasteiger partial charge is 0.482 e. The summed E-state index contributed by atoms with van der Waals surface area (Å²) in [6.45, 7) is 4.06. The third-order valence-electron chi connectivity index (χ3n) is 8.92. The topological polar surface area (TPSA) is 94.5 Å². The summed E-state index contributed by atoms with van der Waals surface area (Å²) in [5, 5.41) is 19.5. The summed E-state index contributed by atoms with van der Waals surface area (Å²) >= 11 is 0. The van der Waals surface area contributed by atoms with Crippen LogP contribution in [0, 0.1) is 17.8 Å². The number of ether oxygens (including phenoxy) is 4. The van der Waals surface area contributed by atoms with Crippen LogP contribution in [-0.2, 0) is 31.8 Å². The van der Waals surface area contributed by atoms with Gasteiger partial charge < -0.3 is 29.2 Å². The number of benzene rings is 1. The Morgan fingerprint density at radius 1 is 1.03 bits per heavy atom. The van der Waals surface area contributed by atoms with Crippen LogP contribution < -0.4 is 4.74 Å². The number of carbonyl (C=O) groups is 1. The number of aliphatic hydroxyl groups is 2. The lowest BCUT2D eigenvalue weighted by Crippen LogP contribution is -2.27. The van der Waals surface area contributed by atoms with Gasteiger partial charge in [0, 0.05) is 13.0 Å². The number of unbranched alkanes of at least 4 members (excludes halogenated alkanes) is 5. The second-order valence-corrected chi connectivity index (χ2v) is 11.8. The van der Waals surface area contributed by atoms with Gasteiger partial charge >= 0.3 is 5.97 Å². The van der Waals surface area contributed by atoms with E-state index in [0.29, 0.717) is 31.0 Å². The minimum absolute atomic E-state index is 0.0651. The summed E-state index contributed by atoms with van der Waals surface area (Å²) in [6, 6.07) is 6.18. The van der Waals surface area contributed by atoms with Crippen LogP contribution in [0.15, 0.2) is 18.2 Å². The van der Waals surface area contributed by atoms with E-state index in [9.17, 15) is 9.90 Å². The van der Waals surface area contributed by atoms with Crippen molar-refractivity contribution in [1.29, 1.82) is 0 Å². The molecule has 0 aromatic heterocycles. The van der Waals surface area contributed by atoms with Crippen LogP contribution in [0.5, 0.6) is 5.75 Å². The van der Waals surface area contributed by atoms with E-state index in [1.165, 1.54) is 49.7 Å². The van der Waals surface area contributed by atoms with Gasteiger partial charge in [-0.05, 0) is 79.9 Å². The first-order valence-electron chi connectivity index (χ1n) is 15.5. The molecule has 7 heteroatoms. The smallest absolute Gasteiger partial charge is 0.344 e. The molecule has 220 valence electrons. The maximum absolute atomic E-state index is 12.2. The molecule has 0 spiro atoms. The number of esters is 1. The first kappa shape index (κ1) is 30.3. The maximum atomic E-state index is 12.2. The Hall–Kier alpha value is -1.67. The Labute approximate surface area is 234 Å². The molecule has 2 N–H and O–H groups in total. The molecule has 0 bridgehead atoms. The van der Waals surface area contributed by atoms with Crippen molar-refractivity contribution in [2.24, 2.45) is 17.8 Å². The van der Waals surface area contributed by atoms with Crippen LogP contribution in [0.2, 0.25) is 0 Å². The molecule has 2 aliphatic heterocycles. The van der Waals surface area contributed by atoms with Crippen molar-refractivity contribution in [2.45, 2.75) is 115 Å². The molecule has 7 nitrogen and oxygen atoms in total. The molecular weight excluding hydrogens is 496 g/mol. The molecule has 2 aliphatic carbocycles. The molecule has 2 saturated heterocycles. The van der Waals surface area contributed by atoms with E-state index in [0.717, 1.165) is 63.7 Å². The van der Waals surface area contributed by atoms with E-state index < -0.39 is 6.29 Å². The van der Waals surface area contributed by atoms with Crippen molar-refractivity contribution in [3.63, 3.8) is 0 Å². The fraction of sp³-hybridized carbons (Fsp3) is 0.781. The average molecular weight is 547 g/mol. The third-order valence-corrected chi connectivity index (χ3v) is 8.92. The molecule has 1 saturated carbocycles. The Balaban J connectivity index is 0.000000438. The molecule has 5 unspecified atom stereocenters. The highest BCUT2D eigenvalue weighted by atomic mass is 16.6. The summed E-state index contributed by atoms with van der Waals surface area (Å²) in [7, 11) is 0. The average Bonchev–Trinajstić information content (AvgIpc) is 3.56. The van der Waals surface area contributed by atoms with E-state index >= 15 is 0 Å². The van der Waals surface area contributed by atoms with E-state index in [1.807, 2.05) is 12.1 Å². The molecule has 1 aromatic rings. The van der Waals surface area contributed by atoms with Gasteiger partial charge in [-0.15, -0.1) is 0 Å². The van der Waals surface area contributed by atoms with Gasteiger partial charge in [0.15, 0.2) is 12.9 Å². The first-order valence-corrected chi connectivity index (χ1v) is 15.5. The van der Waals surface area contributed by atoms with Gasteiger partial charge in [-0.3, -0.25) is 0 Å². The quantitative estimate of drug-likeness (QED) is 0.285. The molecule has 39 heavy (non-hydrogen) atoms. The van der Waals surface area contributed by atoms with E-state index in [4.69, 9.17) is 24.1 Å². The second-order valence-electron chi connectivity index (χ2n) is 11.8. The Kier molecular flexibility index (Phi) is 12.4. The van der Waals surface area contributed by atoms with Gasteiger partial charge in [0.05, 0.1) is 19.3 Å². The van der Waals surface area contributed by atoms with Gasteiger partial charge in [0.2, 0.25) is 0 Å². The molecule has 0 amide bonds. The van der Waals surface area contributed by atoms with E-state index in [2.05, 4.69) is 13.0 Å². The highest BCUT2D eigenvalue weighted by Crippen LogP contribution is 2.48. The number of rotatable bonds is 11. The highest BCUT2D eigenvalue weighted by Gasteiger charge is 2.44. The zero-order chi connectivity index (χ0) is 27.5. The van der Waals surface area contributed by atoms with Crippen LogP contribution in [-0.4, -0.2) is 61.1 Å².